The van der Waals surface area contributed by atoms with Gasteiger partial charge in [-0.25, -0.2) is 9.97 Å². The summed E-state index contributed by atoms with van der Waals surface area (Å²) in [6.07, 6.45) is 3.50. The quantitative estimate of drug-likeness (QED) is 0.780. The van der Waals surface area contributed by atoms with Gasteiger partial charge in [0.1, 0.15) is 5.82 Å². The second-order valence-electron chi connectivity index (χ2n) is 4.34. The number of benzene rings is 1. The third-order valence-corrected chi connectivity index (χ3v) is 3.56. The second-order valence-corrected chi connectivity index (χ2v) is 5.69. The second kappa shape index (κ2) is 5.31. The van der Waals surface area contributed by atoms with Crippen LogP contribution in [0.1, 0.15) is 11.4 Å². The SMILES string of the molecule is Clc1cccc(CCc2nc3ncc(Br)cc3[nH]2)c1. The molecule has 0 aliphatic heterocycles. The highest BCUT2D eigenvalue weighted by molar-refractivity contribution is 9.10. The number of fused-ring (bicyclic) bond motifs is 1. The number of nitrogens with zero attached hydrogens (tertiary/aromatic N) is 2. The molecule has 2 heterocycles. The minimum Gasteiger partial charge on any atom is -0.341 e. The van der Waals surface area contributed by atoms with Crippen molar-refractivity contribution in [2.24, 2.45) is 0 Å². The van der Waals surface area contributed by atoms with Crippen molar-refractivity contribution in [1.29, 1.82) is 0 Å². The maximum atomic E-state index is 5.97. The minimum atomic E-state index is 0.754. The number of halogens is 2. The van der Waals surface area contributed by atoms with Crippen LogP contribution in [0.15, 0.2) is 41.0 Å². The van der Waals surface area contributed by atoms with E-state index in [1.165, 1.54) is 5.56 Å². The van der Waals surface area contributed by atoms with E-state index in [-0.39, 0.29) is 0 Å². The van der Waals surface area contributed by atoms with Crippen LogP contribution in [0.4, 0.5) is 0 Å². The maximum absolute atomic E-state index is 5.97. The molecule has 0 saturated carbocycles. The van der Waals surface area contributed by atoms with Gasteiger partial charge in [-0.05, 0) is 46.1 Å². The van der Waals surface area contributed by atoms with Gasteiger partial charge in [-0.3, -0.25) is 0 Å². The first-order chi connectivity index (χ1) is 9.20. The Bertz CT molecular complexity index is 724. The maximum Gasteiger partial charge on any atom is 0.177 e. The molecule has 19 heavy (non-hydrogen) atoms. The number of imidazole rings is 1. The topological polar surface area (TPSA) is 41.6 Å². The van der Waals surface area contributed by atoms with Crippen LogP contribution in [-0.4, -0.2) is 15.0 Å². The standard InChI is InChI=1S/C14H11BrClN3/c15-10-7-12-14(17-8-10)19-13(18-12)5-4-9-2-1-3-11(16)6-9/h1-3,6-8H,4-5H2,(H,17,18,19). The molecular weight excluding hydrogens is 326 g/mol. The highest BCUT2D eigenvalue weighted by Gasteiger charge is 2.05. The number of rotatable bonds is 3. The molecule has 0 bridgehead atoms. The molecule has 1 aromatic carbocycles. The van der Waals surface area contributed by atoms with Crippen molar-refractivity contribution < 1.29 is 0 Å². The predicted molar refractivity (Wildman–Crippen MR) is 80.4 cm³/mol. The van der Waals surface area contributed by atoms with Crippen LogP contribution in [0, 0.1) is 0 Å². The molecule has 0 aliphatic rings. The molecule has 0 unspecified atom stereocenters. The van der Waals surface area contributed by atoms with Gasteiger partial charge in [-0.15, -0.1) is 0 Å². The molecule has 3 nitrogen and oxygen atoms in total. The van der Waals surface area contributed by atoms with Crippen molar-refractivity contribution in [1.82, 2.24) is 15.0 Å². The van der Waals surface area contributed by atoms with E-state index in [0.717, 1.165) is 39.3 Å². The van der Waals surface area contributed by atoms with Gasteiger partial charge < -0.3 is 4.98 Å². The number of hydrogen-bond donors (Lipinski definition) is 1. The number of hydrogen-bond acceptors (Lipinski definition) is 2. The molecule has 3 rings (SSSR count). The van der Waals surface area contributed by atoms with Gasteiger partial charge in [-0.2, -0.15) is 0 Å². The lowest BCUT2D eigenvalue weighted by Gasteiger charge is -1.99. The number of H-pyrrole nitrogens is 1. The highest BCUT2D eigenvalue weighted by atomic mass is 79.9. The van der Waals surface area contributed by atoms with Crippen molar-refractivity contribution in [2.45, 2.75) is 12.8 Å². The first-order valence-corrected chi connectivity index (χ1v) is 7.12. The Hall–Kier alpha value is -1.39. The largest absolute Gasteiger partial charge is 0.341 e. The Morgan fingerprint density at radius 1 is 1.21 bits per heavy atom. The summed E-state index contributed by atoms with van der Waals surface area (Å²) in [6, 6.07) is 9.89. The van der Waals surface area contributed by atoms with Gasteiger partial charge in [0, 0.05) is 22.1 Å². The van der Waals surface area contributed by atoms with Crippen molar-refractivity contribution in [3.05, 3.63) is 57.4 Å². The Balaban J connectivity index is 1.78. The molecule has 0 saturated heterocycles. The summed E-state index contributed by atoms with van der Waals surface area (Å²) in [6.45, 7) is 0. The lowest BCUT2D eigenvalue weighted by molar-refractivity contribution is 0.889. The monoisotopic (exact) mass is 335 g/mol. The minimum absolute atomic E-state index is 0.754. The average Bonchev–Trinajstić information content (AvgIpc) is 2.78. The zero-order valence-electron chi connectivity index (χ0n) is 10.0. The van der Waals surface area contributed by atoms with Gasteiger partial charge >= 0.3 is 0 Å². The highest BCUT2D eigenvalue weighted by Crippen LogP contribution is 2.16. The molecule has 0 aliphatic carbocycles. The molecule has 3 aromatic rings. The summed E-state index contributed by atoms with van der Waals surface area (Å²) in [4.78, 5) is 12.0. The van der Waals surface area contributed by atoms with E-state index >= 15 is 0 Å². The molecule has 0 amide bonds. The Kier molecular flexibility index (Phi) is 3.53. The van der Waals surface area contributed by atoms with Crippen LogP contribution in [0.3, 0.4) is 0 Å². The zero-order valence-corrected chi connectivity index (χ0v) is 12.4. The lowest BCUT2D eigenvalue weighted by atomic mass is 10.1. The molecule has 0 fully saturated rings. The molecule has 2 aromatic heterocycles. The number of aromatic nitrogens is 3. The van der Waals surface area contributed by atoms with E-state index in [1.54, 1.807) is 6.20 Å². The van der Waals surface area contributed by atoms with E-state index in [9.17, 15) is 0 Å². The summed E-state index contributed by atoms with van der Waals surface area (Å²) >= 11 is 9.37. The lowest BCUT2D eigenvalue weighted by Crippen LogP contribution is -1.93. The van der Waals surface area contributed by atoms with Crippen LogP contribution < -0.4 is 0 Å². The van der Waals surface area contributed by atoms with E-state index < -0.39 is 0 Å². The zero-order chi connectivity index (χ0) is 13.2. The van der Waals surface area contributed by atoms with Crippen molar-refractivity contribution in [2.75, 3.05) is 0 Å². The third kappa shape index (κ3) is 2.96. The molecule has 96 valence electrons. The number of aromatic amines is 1. The number of aryl methyl sites for hydroxylation is 2. The van der Waals surface area contributed by atoms with Crippen LogP contribution in [0.25, 0.3) is 11.2 Å². The van der Waals surface area contributed by atoms with Crippen LogP contribution in [0.2, 0.25) is 5.02 Å². The summed E-state index contributed by atoms with van der Waals surface area (Å²) in [5.74, 6) is 0.945. The van der Waals surface area contributed by atoms with Crippen molar-refractivity contribution >= 4 is 38.7 Å². The molecule has 0 radical (unpaired) electrons. The molecule has 0 atom stereocenters. The van der Waals surface area contributed by atoms with E-state index in [4.69, 9.17) is 11.6 Å². The fourth-order valence-electron chi connectivity index (χ4n) is 2.00. The fourth-order valence-corrected chi connectivity index (χ4v) is 2.54. The van der Waals surface area contributed by atoms with E-state index in [0.29, 0.717) is 0 Å². The van der Waals surface area contributed by atoms with Gasteiger partial charge in [0.2, 0.25) is 0 Å². The smallest absolute Gasteiger partial charge is 0.177 e. The predicted octanol–water partition coefficient (Wildman–Crippen LogP) is 4.16. The van der Waals surface area contributed by atoms with Crippen LogP contribution in [0.5, 0.6) is 0 Å². The Labute approximate surface area is 124 Å². The van der Waals surface area contributed by atoms with Crippen LogP contribution in [-0.2, 0) is 12.8 Å². The van der Waals surface area contributed by atoms with E-state index in [2.05, 4.69) is 36.9 Å². The fraction of sp³-hybridized carbons (Fsp3) is 0.143. The Morgan fingerprint density at radius 2 is 2.11 bits per heavy atom. The summed E-state index contributed by atoms with van der Waals surface area (Å²) in [5, 5.41) is 0.771. The summed E-state index contributed by atoms with van der Waals surface area (Å²) in [7, 11) is 0. The Morgan fingerprint density at radius 3 is 2.95 bits per heavy atom. The first kappa shape index (κ1) is 12.6. The molecule has 0 spiro atoms. The summed E-state index contributed by atoms with van der Waals surface area (Å²) < 4.78 is 0.949. The average molecular weight is 337 g/mol. The van der Waals surface area contributed by atoms with Crippen molar-refractivity contribution in [3.8, 4) is 0 Å². The third-order valence-electron chi connectivity index (χ3n) is 2.89. The van der Waals surface area contributed by atoms with Crippen LogP contribution >= 0.6 is 27.5 Å². The summed E-state index contributed by atoms with van der Waals surface area (Å²) in [5.41, 5.74) is 2.92. The van der Waals surface area contributed by atoms with Gasteiger partial charge in [0.25, 0.3) is 0 Å². The van der Waals surface area contributed by atoms with Gasteiger partial charge in [0.15, 0.2) is 5.65 Å². The van der Waals surface area contributed by atoms with Crippen molar-refractivity contribution in [3.63, 3.8) is 0 Å². The molecular formula is C14H11BrClN3. The van der Waals surface area contributed by atoms with Gasteiger partial charge in [-0.1, -0.05) is 23.7 Å². The number of nitrogens with one attached hydrogen (secondary N) is 1. The molecule has 1 N–H and O–H groups in total. The number of pyridine rings is 1. The molecule has 5 heteroatoms. The van der Waals surface area contributed by atoms with Gasteiger partial charge in [0.05, 0.1) is 5.52 Å². The van der Waals surface area contributed by atoms with E-state index in [1.807, 2.05) is 24.3 Å². The normalized spacial score (nSPS) is 11.1. The first-order valence-electron chi connectivity index (χ1n) is 5.95.